The fourth-order valence-corrected chi connectivity index (χ4v) is 3.65. The Labute approximate surface area is 122 Å². The average Bonchev–Trinajstić information content (AvgIpc) is 2.43. The molecule has 2 nitrogen and oxygen atoms in total. The van der Waals surface area contributed by atoms with E-state index >= 15 is 0 Å². The monoisotopic (exact) mass is 274 g/mol. The Hall–Kier alpha value is -1.31. The van der Waals surface area contributed by atoms with E-state index in [9.17, 15) is 4.79 Å². The maximum Gasteiger partial charge on any atom is 0.122 e. The van der Waals surface area contributed by atoms with Gasteiger partial charge in [0.05, 0.1) is 7.11 Å². The van der Waals surface area contributed by atoms with E-state index in [4.69, 9.17) is 4.74 Å². The number of carbonyl (C=O) groups excluding carboxylic acids is 1. The number of methoxy groups -OCH3 is 1. The number of aldehydes is 1. The lowest BCUT2D eigenvalue weighted by molar-refractivity contribution is -0.108. The zero-order valence-corrected chi connectivity index (χ0v) is 13.1. The Bertz CT molecular complexity index is 479. The molecule has 0 unspecified atom stereocenters. The van der Waals surface area contributed by atoms with Gasteiger partial charge in [-0.15, -0.1) is 0 Å². The standard InChI is InChI=1S/C18H26O2/c1-12-10-16-15(13(2)6-5-9-19)8-7-14(3)18(16)17(11-12)20-4/h9-11,13-15H,5-8H2,1-4H3/t13-,14+,15-/m0/s1. The van der Waals surface area contributed by atoms with Crippen molar-refractivity contribution in [3.8, 4) is 5.75 Å². The Balaban J connectivity index is 2.39. The summed E-state index contributed by atoms with van der Waals surface area (Å²) in [6, 6.07) is 4.48. The molecule has 0 radical (unpaired) electrons. The normalized spacial score (nSPS) is 23.0. The van der Waals surface area contributed by atoms with Crippen LogP contribution in [0.25, 0.3) is 0 Å². The number of rotatable bonds is 5. The summed E-state index contributed by atoms with van der Waals surface area (Å²) in [7, 11) is 1.77. The van der Waals surface area contributed by atoms with Crippen molar-refractivity contribution < 1.29 is 9.53 Å². The molecule has 0 N–H and O–H groups in total. The molecule has 1 aromatic carbocycles. The quantitative estimate of drug-likeness (QED) is 0.733. The van der Waals surface area contributed by atoms with Crippen LogP contribution in [-0.4, -0.2) is 13.4 Å². The summed E-state index contributed by atoms with van der Waals surface area (Å²) >= 11 is 0. The van der Waals surface area contributed by atoms with Gasteiger partial charge in [0, 0.05) is 12.0 Å². The highest BCUT2D eigenvalue weighted by Gasteiger charge is 2.30. The predicted octanol–water partition coefficient (Wildman–Crippen LogP) is 4.60. The van der Waals surface area contributed by atoms with Gasteiger partial charge in [-0.1, -0.05) is 19.9 Å². The molecule has 1 aromatic rings. The molecule has 0 aromatic heterocycles. The molecule has 0 saturated heterocycles. The van der Waals surface area contributed by atoms with Gasteiger partial charge < -0.3 is 9.53 Å². The van der Waals surface area contributed by atoms with Crippen LogP contribution in [0.5, 0.6) is 5.75 Å². The second-order valence-electron chi connectivity index (χ2n) is 6.28. The topological polar surface area (TPSA) is 26.3 Å². The highest BCUT2D eigenvalue weighted by Crippen LogP contribution is 2.47. The minimum atomic E-state index is 0.554. The molecule has 0 heterocycles. The number of aryl methyl sites for hydroxylation is 1. The van der Waals surface area contributed by atoms with E-state index in [1.807, 2.05) is 0 Å². The minimum Gasteiger partial charge on any atom is -0.496 e. The van der Waals surface area contributed by atoms with Gasteiger partial charge in [-0.05, 0) is 61.1 Å². The van der Waals surface area contributed by atoms with Crippen LogP contribution in [0.1, 0.15) is 68.1 Å². The summed E-state index contributed by atoms with van der Waals surface area (Å²) in [6.07, 6.45) is 5.13. The molecular formula is C18H26O2. The maximum atomic E-state index is 10.6. The molecule has 110 valence electrons. The summed E-state index contributed by atoms with van der Waals surface area (Å²) in [5.74, 6) is 2.72. The smallest absolute Gasteiger partial charge is 0.122 e. The van der Waals surface area contributed by atoms with Crippen LogP contribution in [0.4, 0.5) is 0 Å². The number of hydrogen-bond acceptors (Lipinski definition) is 2. The van der Waals surface area contributed by atoms with Gasteiger partial charge in [0.1, 0.15) is 12.0 Å². The van der Waals surface area contributed by atoms with E-state index in [2.05, 4.69) is 32.9 Å². The first kappa shape index (κ1) is 15.1. The van der Waals surface area contributed by atoms with Crippen molar-refractivity contribution in [1.82, 2.24) is 0 Å². The van der Waals surface area contributed by atoms with Gasteiger partial charge >= 0.3 is 0 Å². The maximum absolute atomic E-state index is 10.6. The molecule has 1 aliphatic carbocycles. The SMILES string of the molecule is COc1cc(C)cc2c1[C@H](C)CC[C@H]2[C@@H](C)CCC=O. The van der Waals surface area contributed by atoms with Crippen molar-refractivity contribution in [2.75, 3.05) is 7.11 Å². The van der Waals surface area contributed by atoms with Crippen LogP contribution >= 0.6 is 0 Å². The highest BCUT2D eigenvalue weighted by molar-refractivity contribution is 5.50. The van der Waals surface area contributed by atoms with Crippen molar-refractivity contribution in [2.45, 2.75) is 58.3 Å². The molecule has 2 rings (SSSR count). The minimum absolute atomic E-state index is 0.554. The zero-order valence-electron chi connectivity index (χ0n) is 13.1. The van der Waals surface area contributed by atoms with Gasteiger partial charge in [0.25, 0.3) is 0 Å². The van der Waals surface area contributed by atoms with E-state index in [0.717, 1.165) is 18.5 Å². The molecule has 0 bridgehead atoms. The average molecular weight is 274 g/mol. The number of benzene rings is 1. The van der Waals surface area contributed by atoms with Crippen molar-refractivity contribution in [3.05, 3.63) is 28.8 Å². The van der Waals surface area contributed by atoms with Crippen LogP contribution in [0.3, 0.4) is 0 Å². The fourth-order valence-electron chi connectivity index (χ4n) is 3.65. The Morgan fingerprint density at radius 3 is 2.80 bits per heavy atom. The molecule has 0 fully saturated rings. The molecule has 0 saturated carbocycles. The molecule has 0 amide bonds. The van der Waals surface area contributed by atoms with E-state index in [1.165, 1.54) is 29.5 Å². The van der Waals surface area contributed by atoms with Crippen molar-refractivity contribution >= 4 is 6.29 Å². The van der Waals surface area contributed by atoms with E-state index in [0.29, 0.717) is 24.2 Å². The molecule has 0 spiro atoms. The van der Waals surface area contributed by atoms with Crippen molar-refractivity contribution in [1.29, 1.82) is 0 Å². The lowest BCUT2D eigenvalue weighted by atomic mass is 9.71. The van der Waals surface area contributed by atoms with Gasteiger partial charge in [0.2, 0.25) is 0 Å². The number of hydrogen-bond donors (Lipinski definition) is 0. The second-order valence-corrected chi connectivity index (χ2v) is 6.28. The summed E-state index contributed by atoms with van der Waals surface area (Å²) in [5, 5.41) is 0. The number of fused-ring (bicyclic) bond motifs is 1. The van der Waals surface area contributed by atoms with Crippen LogP contribution in [0.15, 0.2) is 12.1 Å². The van der Waals surface area contributed by atoms with Crippen molar-refractivity contribution in [3.63, 3.8) is 0 Å². The lowest BCUT2D eigenvalue weighted by Crippen LogP contribution is -2.19. The van der Waals surface area contributed by atoms with E-state index in [1.54, 1.807) is 7.11 Å². The zero-order chi connectivity index (χ0) is 14.7. The third kappa shape index (κ3) is 2.89. The third-order valence-electron chi connectivity index (χ3n) is 4.77. The highest BCUT2D eigenvalue weighted by atomic mass is 16.5. The molecule has 20 heavy (non-hydrogen) atoms. The van der Waals surface area contributed by atoms with E-state index in [-0.39, 0.29) is 0 Å². The first-order valence-corrected chi connectivity index (χ1v) is 7.70. The third-order valence-corrected chi connectivity index (χ3v) is 4.77. The molecule has 0 aliphatic heterocycles. The molecule has 2 heteroatoms. The van der Waals surface area contributed by atoms with Crippen LogP contribution in [0, 0.1) is 12.8 Å². The summed E-state index contributed by atoms with van der Waals surface area (Å²) in [6.45, 7) is 6.71. The Kier molecular flexibility index (Phi) is 4.85. The van der Waals surface area contributed by atoms with Crippen LogP contribution in [-0.2, 0) is 4.79 Å². The summed E-state index contributed by atoms with van der Waals surface area (Å²) < 4.78 is 5.62. The lowest BCUT2D eigenvalue weighted by Gasteiger charge is -2.35. The van der Waals surface area contributed by atoms with Gasteiger partial charge in [-0.2, -0.15) is 0 Å². The van der Waals surface area contributed by atoms with Crippen LogP contribution < -0.4 is 4.74 Å². The first-order chi connectivity index (χ1) is 9.58. The summed E-state index contributed by atoms with van der Waals surface area (Å²) in [4.78, 5) is 10.6. The molecular weight excluding hydrogens is 248 g/mol. The fraction of sp³-hybridized carbons (Fsp3) is 0.611. The Morgan fingerprint density at radius 2 is 2.15 bits per heavy atom. The van der Waals surface area contributed by atoms with Crippen molar-refractivity contribution in [2.24, 2.45) is 5.92 Å². The predicted molar refractivity (Wildman–Crippen MR) is 82.6 cm³/mol. The van der Waals surface area contributed by atoms with Gasteiger partial charge in [-0.25, -0.2) is 0 Å². The second kappa shape index (κ2) is 6.43. The molecule has 3 atom stereocenters. The first-order valence-electron chi connectivity index (χ1n) is 7.70. The number of carbonyl (C=O) groups is 1. The van der Waals surface area contributed by atoms with Gasteiger partial charge in [-0.3, -0.25) is 0 Å². The van der Waals surface area contributed by atoms with Gasteiger partial charge in [0.15, 0.2) is 0 Å². The van der Waals surface area contributed by atoms with Crippen LogP contribution in [0.2, 0.25) is 0 Å². The Morgan fingerprint density at radius 1 is 1.40 bits per heavy atom. The molecule has 1 aliphatic rings. The summed E-state index contributed by atoms with van der Waals surface area (Å²) in [5.41, 5.74) is 4.12. The van der Waals surface area contributed by atoms with E-state index < -0.39 is 0 Å². The largest absolute Gasteiger partial charge is 0.496 e. The number of ether oxygens (including phenoxy) is 1.